The molecule has 0 aromatic rings. The van der Waals surface area contributed by atoms with Crippen LogP contribution in [0.15, 0.2) is 0 Å². The van der Waals surface area contributed by atoms with Gasteiger partial charge in [0.25, 0.3) is 0 Å². The summed E-state index contributed by atoms with van der Waals surface area (Å²) >= 11 is 2.82. The van der Waals surface area contributed by atoms with E-state index in [0.717, 1.165) is 0 Å². The van der Waals surface area contributed by atoms with Crippen LogP contribution in [0.25, 0.3) is 0 Å². The van der Waals surface area contributed by atoms with Crippen LogP contribution in [0.5, 0.6) is 0 Å². The minimum absolute atomic E-state index is 0.0840. The lowest BCUT2D eigenvalue weighted by atomic mass is 10.2. The highest BCUT2D eigenvalue weighted by Crippen LogP contribution is 2.14. The average molecular weight is 326 g/mol. The second kappa shape index (κ2) is 6.26. The van der Waals surface area contributed by atoms with Gasteiger partial charge in [0.05, 0.1) is 6.54 Å². The maximum Gasteiger partial charge on any atom is 0.424 e. The Morgan fingerprint density at radius 3 is 2.35 bits per heavy atom. The highest BCUT2D eigenvalue weighted by Gasteiger charge is 2.30. The first-order valence-corrected chi connectivity index (χ1v) is 7.60. The van der Waals surface area contributed by atoms with Crippen molar-refractivity contribution < 1.29 is 17.9 Å². The summed E-state index contributed by atoms with van der Waals surface area (Å²) < 4.78 is 28.6. The Hall–Kier alpha value is -0.740. The van der Waals surface area contributed by atoms with Crippen molar-refractivity contribution in [2.24, 2.45) is 0 Å². The number of halogens is 1. The molecule has 0 spiro atoms. The minimum Gasteiger partial charge on any atom is -0.443 e. The number of ether oxygens (including phenoxy) is 1. The van der Waals surface area contributed by atoms with Gasteiger partial charge in [-0.05, 0) is 20.8 Å². The van der Waals surface area contributed by atoms with Crippen LogP contribution in [0.4, 0.5) is 4.79 Å². The molecule has 0 rings (SSSR count). The van der Waals surface area contributed by atoms with Gasteiger partial charge in [-0.15, -0.1) is 12.3 Å². The number of alkyl halides is 1. The fourth-order valence-corrected chi connectivity index (χ4v) is 2.37. The molecule has 0 fully saturated rings. The number of terminal acetylenes is 1. The van der Waals surface area contributed by atoms with Crippen molar-refractivity contribution in [3.05, 3.63) is 0 Å². The third-order valence-corrected chi connectivity index (χ3v) is 4.54. The topological polar surface area (TPSA) is 63.7 Å². The Bertz CT molecular complexity index is 405. The highest BCUT2D eigenvalue weighted by atomic mass is 79.9. The average Bonchev–Trinajstić information content (AvgIpc) is 2.15. The van der Waals surface area contributed by atoms with Gasteiger partial charge in [0.15, 0.2) is 0 Å². The Kier molecular flexibility index (Phi) is 5.99. The number of carbonyl (C=O) groups is 1. The van der Waals surface area contributed by atoms with Crippen LogP contribution < -0.4 is 0 Å². The molecule has 0 saturated heterocycles. The molecule has 5 nitrogen and oxygen atoms in total. The summed E-state index contributed by atoms with van der Waals surface area (Å²) in [5.74, 6) is 2.28. The summed E-state index contributed by atoms with van der Waals surface area (Å²) in [6.45, 7) is 4.89. The molecule has 7 heteroatoms. The molecule has 0 bridgehead atoms. The molecule has 0 radical (unpaired) electrons. The minimum atomic E-state index is -3.72. The highest BCUT2D eigenvalue weighted by molar-refractivity contribution is 9.10. The second-order valence-corrected chi connectivity index (χ2v) is 7.42. The zero-order valence-electron chi connectivity index (χ0n) is 10.1. The number of hydrogen-bond acceptors (Lipinski definition) is 4. The Morgan fingerprint density at radius 1 is 1.47 bits per heavy atom. The summed E-state index contributed by atoms with van der Waals surface area (Å²) in [7, 11) is -3.72. The van der Waals surface area contributed by atoms with E-state index in [1.165, 1.54) is 0 Å². The van der Waals surface area contributed by atoms with Crippen LogP contribution in [0, 0.1) is 12.3 Å². The van der Waals surface area contributed by atoms with E-state index in [-0.39, 0.29) is 17.6 Å². The first-order valence-electron chi connectivity index (χ1n) is 4.87. The Labute approximate surface area is 111 Å². The monoisotopic (exact) mass is 325 g/mol. The van der Waals surface area contributed by atoms with Crippen LogP contribution >= 0.6 is 15.9 Å². The summed E-state index contributed by atoms with van der Waals surface area (Å²) in [5.41, 5.74) is -0.757. The maximum absolute atomic E-state index is 11.7. The van der Waals surface area contributed by atoms with Crippen LogP contribution in [-0.4, -0.2) is 35.6 Å². The number of sulfonamides is 1. The van der Waals surface area contributed by atoms with Gasteiger partial charge in [-0.1, -0.05) is 15.9 Å². The second-order valence-electron chi connectivity index (χ2n) is 4.23. The van der Waals surface area contributed by atoms with E-state index in [1.54, 1.807) is 20.8 Å². The Morgan fingerprint density at radius 2 is 2.00 bits per heavy atom. The number of nitrogens with zero attached hydrogens (tertiary/aromatic N) is 1. The number of carbonyl (C=O) groups excluding carboxylic acids is 1. The zero-order chi connectivity index (χ0) is 13.7. The fraction of sp³-hybridized carbons (Fsp3) is 0.700. The lowest BCUT2D eigenvalue weighted by molar-refractivity contribution is 0.0394. The lowest BCUT2D eigenvalue weighted by Crippen LogP contribution is -2.41. The predicted octanol–water partition coefficient (Wildman–Crippen LogP) is 1.93. The van der Waals surface area contributed by atoms with Crippen LogP contribution in [-0.2, 0) is 14.8 Å². The van der Waals surface area contributed by atoms with Crippen molar-refractivity contribution in [3.8, 4) is 12.3 Å². The van der Waals surface area contributed by atoms with E-state index in [0.29, 0.717) is 4.31 Å². The summed E-state index contributed by atoms with van der Waals surface area (Å²) in [6, 6.07) is 0. The van der Waals surface area contributed by atoms with Crippen molar-refractivity contribution >= 4 is 32.0 Å². The third kappa shape index (κ3) is 5.94. The normalized spacial score (nSPS) is 11.7. The van der Waals surface area contributed by atoms with Gasteiger partial charge in [-0.2, -0.15) is 0 Å². The molecule has 0 aliphatic carbocycles. The molecule has 0 atom stereocenters. The molecule has 0 heterocycles. The van der Waals surface area contributed by atoms with Gasteiger partial charge < -0.3 is 4.74 Å². The van der Waals surface area contributed by atoms with E-state index < -0.39 is 21.7 Å². The zero-order valence-corrected chi connectivity index (χ0v) is 12.5. The molecule has 0 aromatic heterocycles. The predicted molar refractivity (Wildman–Crippen MR) is 69.1 cm³/mol. The fourth-order valence-electron chi connectivity index (χ4n) is 0.882. The van der Waals surface area contributed by atoms with Gasteiger partial charge in [-0.25, -0.2) is 17.5 Å². The molecule has 0 N–H and O–H groups in total. The molecule has 98 valence electrons. The first kappa shape index (κ1) is 16.3. The van der Waals surface area contributed by atoms with E-state index >= 15 is 0 Å². The molecule has 1 amide bonds. The molecule has 0 aliphatic rings. The van der Waals surface area contributed by atoms with Gasteiger partial charge in [0.1, 0.15) is 10.3 Å². The SMILES string of the molecule is C#CCCN(C(=O)OC(C)(C)C)S(=O)(=O)CBr. The maximum atomic E-state index is 11.7. The summed E-state index contributed by atoms with van der Waals surface area (Å²) in [6.07, 6.45) is 4.29. The number of amides is 1. The molecule has 0 aliphatic heterocycles. The van der Waals surface area contributed by atoms with E-state index in [9.17, 15) is 13.2 Å². The van der Waals surface area contributed by atoms with Crippen molar-refractivity contribution in [2.75, 3.05) is 11.2 Å². The van der Waals surface area contributed by atoms with Crippen LogP contribution in [0.2, 0.25) is 0 Å². The number of hydrogen-bond donors (Lipinski definition) is 0. The van der Waals surface area contributed by atoms with Gasteiger partial charge in [-0.3, -0.25) is 0 Å². The quantitative estimate of drug-likeness (QED) is 0.585. The number of rotatable bonds is 4. The first-order chi connectivity index (χ1) is 7.64. The summed E-state index contributed by atoms with van der Waals surface area (Å²) in [4.78, 5) is 11.7. The molecule has 0 aromatic carbocycles. The largest absolute Gasteiger partial charge is 0.443 e. The van der Waals surface area contributed by atoms with Crippen molar-refractivity contribution in [2.45, 2.75) is 32.8 Å². The molecular weight excluding hydrogens is 310 g/mol. The van der Waals surface area contributed by atoms with E-state index in [2.05, 4.69) is 21.9 Å². The van der Waals surface area contributed by atoms with Crippen molar-refractivity contribution in [1.82, 2.24) is 4.31 Å². The Balaban J connectivity index is 4.95. The molecule has 0 saturated carbocycles. The van der Waals surface area contributed by atoms with Crippen molar-refractivity contribution in [3.63, 3.8) is 0 Å². The molecule has 0 unspecified atom stereocenters. The summed E-state index contributed by atoms with van der Waals surface area (Å²) in [5, 5.41) is 0. The van der Waals surface area contributed by atoms with Crippen molar-refractivity contribution in [1.29, 1.82) is 0 Å². The third-order valence-electron chi connectivity index (χ3n) is 1.53. The van der Waals surface area contributed by atoms with Gasteiger partial charge in [0, 0.05) is 6.42 Å². The van der Waals surface area contributed by atoms with E-state index in [1.807, 2.05) is 0 Å². The molecular formula is C10H16BrNO4S. The molecule has 17 heavy (non-hydrogen) atoms. The smallest absolute Gasteiger partial charge is 0.424 e. The van der Waals surface area contributed by atoms with Gasteiger partial charge >= 0.3 is 6.09 Å². The standard InChI is InChI=1S/C10H16BrNO4S/c1-5-6-7-12(17(14,15)8-11)9(13)16-10(2,3)4/h1H,6-8H2,2-4H3. The lowest BCUT2D eigenvalue weighted by Gasteiger charge is -2.25. The van der Waals surface area contributed by atoms with Crippen LogP contribution in [0.1, 0.15) is 27.2 Å². The van der Waals surface area contributed by atoms with Crippen LogP contribution in [0.3, 0.4) is 0 Å². The van der Waals surface area contributed by atoms with E-state index in [4.69, 9.17) is 11.2 Å². The van der Waals surface area contributed by atoms with Gasteiger partial charge in [0.2, 0.25) is 10.0 Å².